The van der Waals surface area contributed by atoms with Gasteiger partial charge in [0.2, 0.25) is 5.78 Å². The Morgan fingerprint density at radius 2 is 1.27 bits per heavy atom. The summed E-state index contributed by atoms with van der Waals surface area (Å²) < 4.78 is 10.2. The highest BCUT2D eigenvalue weighted by Gasteiger charge is 2.27. The van der Waals surface area contributed by atoms with Crippen molar-refractivity contribution in [1.82, 2.24) is 9.97 Å². The first-order chi connectivity index (χ1) is 17.5. The highest BCUT2D eigenvalue weighted by atomic mass is 35.5. The zero-order valence-electron chi connectivity index (χ0n) is 20.1. The van der Waals surface area contributed by atoms with Crippen LogP contribution in [0.25, 0.3) is 0 Å². The summed E-state index contributed by atoms with van der Waals surface area (Å²) >= 11 is 25.5. The zero-order chi connectivity index (χ0) is 28.1. The van der Waals surface area contributed by atoms with E-state index in [1.807, 2.05) is 0 Å². The van der Waals surface area contributed by atoms with E-state index in [2.05, 4.69) is 14.7 Å². The summed E-state index contributed by atoms with van der Waals surface area (Å²) in [4.78, 5) is 54.9. The molecule has 0 radical (unpaired) electrons. The summed E-state index contributed by atoms with van der Waals surface area (Å²) in [5.74, 6) is -2.22. The van der Waals surface area contributed by atoms with Crippen LogP contribution < -0.4 is 0 Å². The van der Waals surface area contributed by atoms with Crippen LogP contribution in [0.1, 0.15) is 41.0 Å². The largest absolute Gasteiger partial charge is 0.466 e. The second kappa shape index (κ2) is 16.9. The molecule has 2 heterocycles. The number of thioether (sulfide) groups is 2. The number of aromatic nitrogens is 2. The van der Waals surface area contributed by atoms with E-state index in [0.29, 0.717) is 4.24 Å². The van der Waals surface area contributed by atoms with E-state index in [1.165, 1.54) is 47.8 Å². The lowest BCUT2D eigenvalue weighted by Crippen LogP contribution is -2.18. The lowest BCUT2D eigenvalue weighted by molar-refractivity contribution is -0.142. The molecular formula is C23H22Cl4N2O6S2. The minimum Gasteiger partial charge on any atom is -0.466 e. The van der Waals surface area contributed by atoms with Crippen LogP contribution in [0, 0.1) is 0 Å². The van der Waals surface area contributed by atoms with E-state index >= 15 is 0 Å². The van der Waals surface area contributed by atoms with Gasteiger partial charge in [-0.2, -0.15) is 0 Å². The first-order valence-corrected chi connectivity index (χ1v) is 14.3. The van der Waals surface area contributed by atoms with Gasteiger partial charge in [0.15, 0.2) is 5.78 Å². The summed E-state index contributed by atoms with van der Waals surface area (Å²) in [6.07, 6.45) is 3.21. The summed E-state index contributed by atoms with van der Waals surface area (Å²) in [7, 11) is 0. The van der Waals surface area contributed by atoms with E-state index in [4.69, 9.17) is 51.1 Å². The van der Waals surface area contributed by atoms with Crippen molar-refractivity contribution in [2.75, 3.05) is 25.7 Å². The second-order valence-corrected chi connectivity index (χ2v) is 9.85. The monoisotopic (exact) mass is 626 g/mol. The summed E-state index contributed by atoms with van der Waals surface area (Å²) in [6, 6.07) is 5.75. The van der Waals surface area contributed by atoms with Crippen molar-refractivity contribution in [3.05, 3.63) is 65.8 Å². The molecule has 0 atom stereocenters. The lowest BCUT2D eigenvalue weighted by atomic mass is 10.1. The quantitative estimate of drug-likeness (QED) is 0.0713. The fourth-order valence-electron chi connectivity index (χ4n) is 2.53. The molecule has 2 aromatic rings. The maximum absolute atomic E-state index is 12.6. The van der Waals surface area contributed by atoms with Crippen molar-refractivity contribution in [1.29, 1.82) is 0 Å². The van der Waals surface area contributed by atoms with E-state index < -0.39 is 23.5 Å². The molecule has 0 aliphatic heterocycles. The average Bonchev–Trinajstić information content (AvgIpc) is 2.82. The fourth-order valence-corrected chi connectivity index (χ4v) is 4.84. The van der Waals surface area contributed by atoms with Gasteiger partial charge in [0.05, 0.1) is 28.6 Å². The van der Waals surface area contributed by atoms with Crippen molar-refractivity contribution in [2.45, 2.75) is 20.3 Å². The molecule has 200 valence electrons. The van der Waals surface area contributed by atoms with E-state index in [9.17, 15) is 19.2 Å². The number of hydrogen-bond acceptors (Lipinski definition) is 10. The zero-order valence-corrected chi connectivity index (χ0v) is 24.8. The molecule has 0 bridgehead atoms. The molecule has 0 aliphatic carbocycles. The molecule has 37 heavy (non-hydrogen) atoms. The normalized spacial score (nSPS) is 10.1. The molecule has 0 spiro atoms. The molecule has 0 unspecified atom stereocenters. The molecule has 0 saturated heterocycles. The molecule has 8 nitrogen and oxygen atoms in total. The van der Waals surface area contributed by atoms with Gasteiger partial charge in [-0.1, -0.05) is 46.4 Å². The maximum atomic E-state index is 12.6. The first-order valence-electron chi connectivity index (χ1n) is 10.4. The first kappa shape index (κ1) is 33.2. The predicted octanol–water partition coefficient (Wildman–Crippen LogP) is 6.60. The Morgan fingerprint density at radius 1 is 0.784 bits per heavy atom. The highest BCUT2D eigenvalue weighted by Crippen LogP contribution is 2.31. The smallest absolute Gasteiger partial charge is 0.343 e. The number of carbonyl (C=O) groups is 4. The summed E-state index contributed by atoms with van der Waals surface area (Å²) in [6.45, 7) is 3.75. The van der Waals surface area contributed by atoms with Gasteiger partial charge in [-0.25, -0.2) is 14.8 Å². The Balaban J connectivity index is 0.000000384. The van der Waals surface area contributed by atoms with E-state index in [1.54, 1.807) is 26.4 Å². The van der Waals surface area contributed by atoms with Gasteiger partial charge < -0.3 is 9.47 Å². The number of rotatable bonds is 10. The molecule has 0 amide bonds. The van der Waals surface area contributed by atoms with Crippen LogP contribution in [0.5, 0.6) is 0 Å². The molecule has 0 saturated carbocycles. The summed E-state index contributed by atoms with van der Waals surface area (Å²) in [5.41, 5.74) is 0.242. The third kappa shape index (κ3) is 10.5. The average molecular weight is 628 g/mol. The van der Waals surface area contributed by atoms with Crippen LogP contribution in [-0.4, -0.2) is 59.2 Å². The number of carbonyl (C=O) groups excluding carboxylic acids is 4. The van der Waals surface area contributed by atoms with Gasteiger partial charge >= 0.3 is 11.9 Å². The van der Waals surface area contributed by atoms with Gasteiger partial charge in [0, 0.05) is 0 Å². The van der Waals surface area contributed by atoms with Gasteiger partial charge in [0.1, 0.15) is 32.6 Å². The van der Waals surface area contributed by atoms with Crippen LogP contribution in [0.15, 0.2) is 34.1 Å². The minimum absolute atomic E-state index is 0.0122. The van der Waals surface area contributed by atoms with E-state index in [-0.39, 0.29) is 56.9 Å². The van der Waals surface area contributed by atoms with Crippen molar-refractivity contribution >= 4 is 93.4 Å². The molecule has 2 aromatic heterocycles. The van der Waals surface area contributed by atoms with Crippen LogP contribution in [-0.2, 0) is 19.1 Å². The second-order valence-electron chi connectivity index (χ2n) is 6.47. The SMILES string of the molecule is CCOC(=O)C(C(=O)c1ccc(Cl)nc1Cl)=C(SC)SC.CCOC(=O)CC(=O)c1ccc(Cl)nc1Cl. The Kier molecular flexibility index (Phi) is 15.2. The number of nitrogens with zero attached hydrogens (tertiary/aromatic N) is 2. The number of ketones is 2. The van der Waals surface area contributed by atoms with Gasteiger partial charge in [-0.3, -0.25) is 14.4 Å². The van der Waals surface area contributed by atoms with Crippen LogP contribution >= 0.6 is 69.9 Å². The molecule has 0 fully saturated rings. The Labute approximate surface area is 242 Å². The van der Waals surface area contributed by atoms with Gasteiger partial charge in [0.25, 0.3) is 0 Å². The number of halogens is 4. The third-order valence-electron chi connectivity index (χ3n) is 4.07. The fraction of sp³-hybridized carbons (Fsp3) is 0.304. The summed E-state index contributed by atoms with van der Waals surface area (Å²) in [5, 5.41) is 0.309. The number of pyridine rings is 2. The minimum atomic E-state index is -0.674. The molecule has 0 N–H and O–H groups in total. The maximum Gasteiger partial charge on any atom is 0.343 e. The Bertz CT molecular complexity index is 1190. The molecular weight excluding hydrogens is 606 g/mol. The Hall–Kier alpha value is -1.82. The number of esters is 2. The number of hydrogen-bond donors (Lipinski definition) is 0. The van der Waals surface area contributed by atoms with Crippen molar-refractivity contribution in [3.63, 3.8) is 0 Å². The van der Waals surface area contributed by atoms with Crippen molar-refractivity contribution < 1.29 is 28.7 Å². The number of Topliss-reactive ketones (excluding diaryl/α,β-unsaturated/α-hetero) is 2. The van der Waals surface area contributed by atoms with Gasteiger partial charge in [-0.05, 0) is 50.6 Å². The molecule has 14 heteroatoms. The number of ether oxygens (including phenoxy) is 2. The Morgan fingerprint density at radius 3 is 1.70 bits per heavy atom. The topological polar surface area (TPSA) is 113 Å². The predicted molar refractivity (Wildman–Crippen MR) is 149 cm³/mol. The standard InChI is InChI=1S/C13H13Cl2NO3S2.C10H9Cl2NO3/c1-4-19-12(18)9(13(20-2)21-3)10(17)7-5-6-8(14)16-11(7)15;1-2-16-9(15)5-7(14)6-3-4-8(11)13-10(6)12/h5-6H,4H2,1-3H3;3-4H,2,5H2,1H3. The van der Waals surface area contributed by atoms with Gasteiger partial charge in [-0.15, -0.1) is 23.5 Å². The molecule has 2 rings (SSSR count). The van der Waals surface area contributed by atoms with E-state index in [0.717, 1.165) is 0 Å². The molecule has 0 aromatic carbocycles. The van der Waals surface area contributed by atoms with Crippen LogP contribution in [0.3, 0.4) is 0 Å². The third-order valence-corrected chi connectivity index (χ3v) is 7.21. The van der Waals surface area contributed by atoms with Crippen molar-refractivity contribution in [3.8, 4) is 0 Å². The molecule has 0 aliphatic rings. The van der Waals surface area contributed by atoms with Crippen LogP contribution in [0.4, 0.5) is 0 Å². The lowest BCUT2D eigenvalue weighted by Gasteiger charge is -2.11. The van der Waals surface area contributed by atoms with Crippen molar-refractivity contribution in [2.24, 2.45) is 0 Å². The highest BCUT2D eigenvalue weighted by molar-refractivity contribution is 8.21. The van der Waals surface area contributed by atoms with Crippen LogP contribution in [0.2, 0.25) is 20.6 Å².